The summed E-state index contributed by atoms with van der Waals surface area (Å²) in [6, 6.07) is 10.7. The van der Waals surface area contributed by atoms with Gasteiger partial charge in [0.25, 0.3) is 5.91 Å². The smallest absolute Gasteiger partial charge is 0.382 e. The number of rotatable bonds is 4. The second-order valence-corrected chi connectivity index (χ2v) is 7.84. The minimum atomic E-state index is -4.56. The highest BCUT2D eigenvalue weighted by atomic mass is 19.4. The molecular formula is C23H20F5N3O. The largest absolute Gasteiger partial charge is 0.433 e. The molecule has 1 amide bonds. The quantitative estimate of drug-likeness (QED) is 0.504. The third-order valence-corrected chi connectivity index (χ3v) is 5.62. The molecule has 0 aliphatic heterocycles. The average molecular weight is 449 g/mol. The van der Waals surface area contributed by atoms with E-state index in [9.17, 15) is 26.7 Å². The number of carbonyl (C=O) groups is 1. The maximum absolute atomic E-state index is 13.8. The molecule has 0 atom stereocenters. The molecule has 1 fully saturated rings. The van der Waals surface area contributed by atoms with E-state index in [-0.39, 0.29) is 23.2 Å². The van der Waals surface area contributed by atoms with Gasteiger partial charge in [-0.25, -0.2) is 13.8 Å². The normalized spacial score (nSPS) is 19.0. The Morgan fingerprint density at radius 2 is 1.62 bits per heavy atom. The lowest BCUT2D eigenvalue weighted by atomic mass is 9.90. The fourth-order valence-electron chi connectivity index (χ4n) is 3.98. The molecule has 4 rings (SSSR count). The number of hydrogen-bond donors (Lipinski definition) is 2. The van der Waals surface area contributed by atoms with Crippen molar-refractivity contribution in [1.29, 1.82) is 0 Å². The monoisotopic (exact) mass is 449 g/mol. The van der Waals surface area contributed by atoms with E-state index in [1.807, 2.05) is 0 Å². The summed E-state index contributed by atoms with van der Waals surface area (Å²) < 4.78 is 67.0. The Bertz CT molecular complexity index is 1140. The van der Waals surface area contributed by atoms with Crippen LogP contribution in [0.15, 0.2) is 48.5 Å². The first-order valence-electron chi connectivity index (χ1n) is 10.2. The van der Waals surface area contributed by atoms with Crippen LogP contribution in [0.25, 0.3) is 10.9 Å². The maximum atomic E-state index is 13.8. The zero-order valence-corrected chi connectivity index (χ0v) is 16.8. The number of hydrogen-bond acceptors (Lipinski definition) is 3. The number of alkyl halides is 3. The van der Waals surface area contributed by atoms with Crippen LogP contribution in [0.1, 0.15) is 41.7 Å². The summed E-state index contributed by atoms with van der Waals surface area (Å²) in [5.41, 5.74) is -0.704. The Labute approximate surface area is 180 Å². The summed E-state index contributed by atoms with van der Waals surface area (Å²) in [4.78, 5) is 16.0. The number of carbonyl (C=O) groups excluding carboxylic acids is 1. The van der Waals surface area contributed by atoms with E-state index in [1.165, 1.54) is 18.2 Å². The molecule has 0 saturated heterocycles. The lowest BCUT2D eigenvalue weighted by molar-refractivity contribution is -0.140. The first-order valence-corrected chi connectivity index (χ1v) is 10.2. The summed E-state index contributed by atoms with van der Waals surface area (Å²) in [6.07, 6.45) is -2.28. The molecular weight excluding hydrogens is 429 g/mol. The van der Waals surface area contributed by atoms with Gasteiger partial charge in [0.1, 0.15) is 5.69 Å². The van der Waals surface area contributed by atoms with E-state index in [2.05, 4.69) is 15.6 Å². The predicted octanol–water partition coefficient (Wildman–Crippen LogP) is 5.68. The second-order valence-electron chi connectivity index (χ2n) is 7.84. The third-order valence-electron chi connectivity index (χ3n) is 5.62. The van der Waals surface area contributed by atoms with Gasteiger partial charge in [0.15, 0.2) is 11.6 Å². The number of para-hydroxylation sites is 1. The summed E-state index contributed by atoms with van der Waals surface area (Å²) in [6.45, 7) is 0. The molecule has 1 saturated carbocycles. The zero-order chi connectivity index (χ0) is 22.9. The fraction of sp³-hybridized carbons (Fsp3) is 0.304. The number of pyridine rings is 1. The number of nitrogens with zero attached hydrogens (tertiary/aromatic N) is 1. The van der Waals surface area contributed by atoms with Gasteiger partial charge >= 0.3 is 6.18 Å². The van der Waals surface area contributed by atoms with Crippen molar-refractivity contribution in [1.82, 2.24) is 10.3 Å². The van der Waals surface area contributed by atoms with Gasteiger partial charge in [-0.3, -0.25) is 4.79 Å². The Hall–Kier alpha value is -3.23. The molecule has 0 spiro atoms. The fourth-order valence-corrected chi connectivity index (χ4v) is 3.98. The van der Waals surface area contributed by atoms with Crippen molar-refractivity contribution in [2.75, 3.05) is 5.32 Å². The SMILES string of the molecule is O=C(NC1CCC(Nc2cc(C(F)(F)F)nc3ccccc23)CC1)c1cccc(F)c1F. The van der Waals surface area contributed by atoms with Crippen molar-refractivity contribution in [2.24, 2.45) is 0 Å². The first kappa shape index (κ1) is 22.0. The van der Waals surface area contributed by atoms with Gasteiger partial charge in [-0.1, -0.05) is 24.3 Å². The Balaban J connectivity index is 1.43. The summed E-state index contributed by atoms with van der Waals surface area (Å²) in [7, 11) is 0. The number of halogens is 5. The van der Waals surface area contributed by atoms with Crippen LogP contribution < -0.4 is 10.6 Å². The van der Waals surface area contributed by atoms with Gasteiger partial charge in [-0.05, 0) is 49.9 Å². The number of benzene rings is 2. The van der Waals surface area contributed by atoms with E-state index in [1.54, 1.807) is 18.2 Å². The number of anilines is 1. The van der Waals surface area contributed by atoms with E-state index in [4.69, 9.17) is 0 Å². The van der Waals surface area contributed by atoms with Gasteiger partial charge in [0, 0.05) is 23.2 Å². The highest BCUT2D eigenvalue weighted by Crippen LogP contribution is 2.34. The molecule has 1 aliphatic rings. The molecule has 168 valence electrons. The van der Waals surface area contributed by atoms with Crippen LogP contribution in [-0.2, 0) is 6.18 Å². The molecule has 4 nitrogen and oxygen atoms in total. The highest BCUT2D eigenvalue weighted by Gasteiger charge is 2.34. The second kappa shape index (κ2) is 8.72. The molecule has 3 aromatic rings. The molecule has 1 aliphatic carbocycles. The van der Waals surface area contributed by atoms with Crippen LogP contribution in [0.4, 0.5) is 27.6 Å². The first-order chi connectivity index (χ1) is 15.2. The summed E-state index contributed by atoms with van der Waals surface area (Å²) in [5.74, 6) is -2.97. The molecule has 1 aromatic heterocycles. The van der Waals surface area contributed by atoms with E-state index < -0.39 is 29.4 Å². The van der Waals surface area contributed by atoms with Crippen molar-refractivity contribution in [2.45, 2.75) is 43.9 Å². The van der Waals surface area contributed by atoms with E-state index in [0.717, 1.165) is 12.1 Å². The average Bonchev–Trinajstić information content (AvgIpc) is 2.76. The van der Waals surface area contributed by atoms with Crippen molar-refractivity contribution in [3.8, 4) is 0 Å². The third kappa shape index (κ3) is 4.66. The van der Waals surface area contributed by atoms with Crippen molar-refractivity contribution in [3.05, 3.63) is 71.4 Å². The van der Waals surface area contributed by atoms with Gasteiger partial charge in [-0.2, -0.15) is 13.2 Å². The number of amides is 1. The molecule has 9 heteroatoms. The van der Waals surface area contributed by atoms with Gasteiger partial charge < -0.3 is 10.6 Å². The molecule has 2 N–H and O–H groups in total. The number of fused-ring (bicyclic) bond motifs is 1. The van der Waals surface area contributed by atoms with Crippen molar-refractivity contribution < 1.29 is 26.7 Å². The zero-order valence-electron chi connectivity index (χ0n) is 16.8. The molecule has 1 heterocycles. The molecule has 0 radical (unpaired) electrons. The Morgan fingerprint density at radius 1 is 0.938 bits per heavy atom. The molecule has 0 bridgehead atoms. The summed E-state index contributed by atoms with van der Waals surface area (Å²) >= 11 is 0. The van der Waals surface area contributed by atoms with Crippen LogP contribution >= 0.6 is 0 Å². The number of aromatic nitrogens is 1. The van der Waals surface area contributed by atoms with Crippen LogP contribution in [0.5, 0.6) is 0 Å². The van der Waals surface area contributed by atoms with Crippen molar-refractivity contribution in [3.63, 3.8) is 0 Å². The van der Waals surface area contributed by atoms with Crippen molar-refractivity contribution >= 4 is 22.5 Å². The van der Waals surface area contributed by atoms with Crippen LogP contribution in [0.3, 0.4) is 0 Å². The lowest BCUT2D eigenvalue weighted by Crippen LogP contribution is -2.40. The standard InChI is InChI=1S/C23H20F5N3O/c24-17-6-3-5-16(21(17)25)22(32)30-14-10-8-13(9-11-14)29-19-12-20(23(26,27)28)31-18-7-2-1-4-15(18)19/h1-7,12-14H,8-11H2,(H,29,31)(H,30,32). The number of nitrogens with one attached hydrogen (secondary N) is 2. The Morgan fingerprint density at radius 3 is 2.34 bits per heavy atom. The van der Waals surface area contributed by atoms with Gasteiger partial charge in [0.2, 0.25) is 0 Å². The minimum absolute atomic E-state index is 0.0963. The summed E-state index contributed by atoms with van der Waals surface area (Å²) in [5, 5.41) is 6.51. The minimum Gasteiger partial charge on any atom is -0.382 e. The van der Waals surface area contributed by atoms with E-state index in [0.29, 0.717) is 36.8 Å². The predicted molar refractivity (Wildman–Crippen MR) is 110 cm³/mol. The van der Waals surface area contributed by atoms with Gasteiger partial charge in [0.05, 0.1) is 11.1 Å². The van der Waals surface area contributed by atoms with Gasteiger partial charge in [-0.15, -0.1) is 0 Å². The van der Waals surface area contributed by atoms with Crippen LogP contribution in [0, 0.1) is 11.6 Å². The highest BCUT2D eigenvalue weighted by molar-refractivity contribution is 5.94. The molecule has 0 unspecified atom stereocenters. The molecule has 2 aromatic carbocycles. The van der Waals surface area contributed by atoms with Crippen LogP contribution in [0.2, 0.25) is 0 Å². The maximum Gasteiger partial charge on any atom is 0.433 e. The molecule has 32 heavy (non-hydrogen) atoms. The lowest BCUT2D eigenvalue weighted by Gasteiger charge is -2.30. The Kier molecular flexibility index (Phi) is 5.99. The van der Waals surface area contributed by atoms with Crippen LogP contribution in [-0.4, -0.2) is 23.0 Å². The topological polar surface area (TPSA) is 54.0 Å². The van der Waals surface area contributed by atoms with E-state index >= 15 is 0 Å².